The molecule has 5 nitrogen and oxygen atoms in total. The van der Waals surface area contributed by atoms with E-state index in [1.165, 1.54) is 19.3 Å². The number of piperazine rings is 1. The monoisotopic (exact) mass is 306 g/mol. The molecule has 1 saturated heterocycles. The van der Waals surface area contributed by atoms with E-state index in [0.717, 1.165) is 43.2 Å². The lowest BCUT2D eigenvalue weighted by Gasteiger charge is -2.44. The molecule has 1 heterocycles. The average molecular weight is 306 g/mol. The molecular formula is C17H26N2O3. The van der Waals surface area contributed by atoms with Crippen LogP contribution in [-0.2, 0) is 0 Å². The first-order valence-corrected chi connectivity index (χ1v) is 8.14. The number of rotatable bonds is 5. The summed E-state index contributed by atoms with van der Waals surface area (Å²) in [5.74, 6) is 2.29. The molecule has 1 aliphatic carbocycles. The third kappa shape index (κ3) is 2.88. The van der Waals surface area contributed by atoms with Crippen molar-refractivity contribution >= 4 is 0 Å². The van der Waals surface area contributed by atoms with E-state index in [1.807, 2.05) is 0 Å². The Bertz CT molecular complexity index is 486. The van der Waals surface area contributed by atoms with Crippen LogP contribution in [0.15, 0.2) is 12.1 Å². The van der Waals surface area contributed by atoms with Crippen molar-refractivity contribution in [2.45, 2.75) is 25.3 Å². The SMILES string of the molecule is COc1cc(O)cc(OC)c1[C@@H](C1CCC1)N1CCNCC1. The molecule has 0 amide bonds. The molecule has 5 heteroatoms. The summed E-state index contributed by atoms with van der Waals surface area (Å²) >= 11 is 0. The van der Waals surface area contributed by atoms with Crippen molar-refractivity contribution < 1.29 is 14.6 Å². The topological polar surface area (TPSA) is 54.0 Å². The summed E-state index contributed by atoms with van der Waals surface area (Å²) < 4.78 is 11.2. The number of nitrogens with zero attached hydrogens (tertiary/aromatic N) is 1. The third-order valence-electron chi connectivity index (χ3n) is 4.97. The Hall–Kier alpha value is -1.46. The molecule has 0 radical (unpaired) electrons. The zero-order valence-electron chi connectivity index (χ0n) is 13.5. The maximum absolute atomic E-state index is 9.90. The van der Waals surface area contributed by atoms with Crippen molar-refractivity contribution in [2.75, 3.05) is 40.4 Å². The van der Waals surface area contributed by atoms with Gasteiger partial charge in [0.2, 0.25) is 0 Å². The molecule has 122 valence electrons. The lowest BCUT2D eigenvalue weighted by molar-refractivity contribution is 0.0798. The number of phenolic OH excluding ortho intramolecular Hbond substituents is 1. The predicted octanol–water partition coefficient (Wildman–Crippen LogP) is 2.16. The summed E-state index contributed by atoms with van der Waals surface area (Å²) in [5, 5.41) is 13.3. The summed E-state index contributed by atoms with van der Waals surface area (Å²) in [6, 6.07) is 3.71. The second-order valence-corrected chi connectivity index (χ2v) is 6.19. The highest BCUT2D eigenvalue weighted by Crippen LogP contribution is 2.48. The summed E-state index contributed by atoms with van der Waals surface area (Å²) in [6.07, 6.45) is 3.81. The first kappa shape index (κ1) is 15.4. The minimum Gasteiger partial charge on any atom is -0.508 e. The molecule has 1 aromatic rings. The van der Waals surface area contributed by atoms with Gasteiger partial charge in [0.15, 0.2) is 0 Å². The van der Waals surface area contributed by atoms with Gasteiger partial charge in [-0.2, -0.15) is 0 Å². The van der Waals surface area contributed by atoms with E-state index in [-0.39, 0.29) is 5.75 Å². The van der Waals surface area contributed by atoms with E-state index >= 15 is 0 Å². The molecule has 1 aromatic carbocycles. The van der Waals surface area contributed by atoms with Crippen molar-refractivity contribution in [3.8, 4) is 17.2 Å². The number of methoxy groups -OCH3 is 2. The molecule has 3 rings (SSSR count). The molecule has 0 aromatic heterocycles. The molecular weight excluding hydrogens is 280 g/mol. The highest BCUT2D eigenvalue weighted by Gasteiger charge is 2.37. The Morgan fingerprint density at radius 1 is 1.14 bits per heavy atom. The molecule has 1 saturated carbocycles. The van der Waals surface area contributed by atoms with Gasteiger partial charge in [0.1, 0.15) is 17.2 Å². The lowest BCUT2D eigenvalue weighted by Crippen LogP contribution is -2.48. The minimum absolute atomic E-state index is 0.185. The highest BCUT2D eigenvalue weighted by molar-refractivity contribution is 5.52. The van der Waals surface area contributed by atoms with Gasteiger partial charge < -0.3 is 19.9 Å². The first-order chi connectivity index (χ1) is 10.7. The fourth-order valence-electron chi connectivity index (χ4n) is 3.65. The Balaban J connectivity index is 2.02. The number of ether oxygens (including phenoxy) is 2. The Morgan fingerprint density at radius 3 is 2.18 bits per heavy atom. The molecule has 1 aliphatic heterocycles. The number of benzene rings is 1. The second-order valence-electron chi connectivity index (χ2n) is 6.19. The maximum atomic E-state index is 9.90. The quantitative estimate of drug-likeness (QED) is 0.873. The van der Waals surface area contributed by atoms with Crippen LogP contribution in [0.1, 0.15) is 30.9 Å². The van der Waals surface area contributed by atoms with Crippen molar-refractivity contribution in [1.29, 1.82) is 0 Å². The Morgan fingerprint density at radius 2 is 1.73 bits per heavy atom. The van der Waals surface area contributed by atoms with Gasteiger partial charge in [0, 0.05) is 44.4 Å². The van der Waals surface area contributed by atoms with E-state index < -0.39 is 0 Å². The number of hydrogen-bond donors (Lipinski definition) is 2. The summed E-state index contributed by atoms with van der Waals surface area (Å²) in [5.41, 5.74) is 1.09. The molecule has 2 N–H and O–H groups in total. The van der Waals surface area contributed by atoms with E-state index in [9.17, 15) is 5.11 Å². The number of phenols is 1. The number of hydrogen-bond acceptors (Lipinski definition) is 5. The van der Waals surface area contributed by atoms with Gasteiger partial charge in [-0.15, -0.1) is 0 Å². The first-order valence-electron chi connectivity index (χ1n) is 8.14. The van der Waals surface area contributed by atoms with E-state index in [1.54, 1.807) is 26.4 Å². The normalized spacial score (nSPS) is 21.2. The molecule has 2 aliphatic rings. The van der Waals surface area contributed by atoms with Crippen LogP contribution in [0.4, 0.5) is 0 Å². The van der Waals surface area contributed by atoms with Crippen LogP contribution in [-0.4, -0.2) is 50.4 Å². The molecule has 22 heavy (non-hydrogen) atoms. The fraction of sp³-hybridized carbons (Fsp3) is 0.647. The lowest BCUT2D eigenvalue weighted by atomic mass is 9.75. The third-order valence-corrected chi connectivity index (χ3v) is 4.97. The molecule has 0 bridgehead atoms. The van der Waals surface area contributed by atoms with Crippen molar-refractivity contribution in [1.82, 2.24) is 10.2 Å². The van der Waals surface area contributed by atoms with Gasteiger partial charge in [-0.05, 0) is 18.8 Å². The number of aromatic hydroxyl groups is 1. The van der Waals surface area contributed by atoms with Crippen molar-refractivity contribution in [3.63, 3.8) is 0 Å². The van der Waals surface area contributed by atoms with E-state index in [2.05, 4.69) is 10.2 Å². The Kier molecular flexibility index (Phi) is 4.74. The van der Waals surface area contributed by atoms with Gasteiger partial charge in [0.05, 0.1) is 19.8 Å². The van der Waals surface area contributed by atoms with Crippen LogP contribution in [0.5, 0.6) is 17.2 Å². The van der Waals surface area contributed by atoms with Gasteiger partial charge >= 0.3 is 0 Å². The van der Waals surface area contributed by atoms with Gasteiger partial charge in [0.25, 0.3) is 0 Å². The number of nitrogens with one attached hydrogen (secondary N) is 1. The second kappa shape index (κ2) is 6.75. The van der Waals surface area contributed by atoms with Crippen LogP contribution < -0.4 is 14.8 Å². The van der Waals surface area contributed by atoms with Crippen LogP contribution in [0.3, 0.4) is 0 Å². The van der Waals surface area contributed by atoms with Crippen molar-refractivity contribution in [3.05, 3.63) is 17.7 Å². The summed E-state index contributed by atoms with van der Waals surface area (Å²) in [4.78, 5) is 2.54. The zero-order chi connectivity index (χ0) is 15.5. The largest absolute Gasteiger partial charge is 0.508 e. The Labute approximate surface area is 132 Å². The van der Waals surface area contributed by atoms with Crippen molar-refractivity contribution in [2.24, 2.45) is 5.92 Å². The predicted molar refractivity (Wildman–Crippen MR) is 85.7 cm³/mol. The van der Waals surface area contributed by atoms with E-state index in [4.69, 9.17) is 9.47 Å². The van der Waals surface area contributed by atoms with Crippen LogP contribution in [0.25, 0.3) is 0 Å². The molecule has 2 fully saturated rings. The van der Waals surface area contributed by atoms with Crippen LogP contribution in [0, 0.1) is 5.92 Å². The minimum atomic E-state index is 0.185. The standard InChI is InChI=1S/C17H26N2O3/c1-21-14-10-13(20)11-15(22-2)16(14)17(12-4-3-5-12)19-8-6-18-7-9-19/h10-12,17-18,20H,3-9H2,1-2H3/t17-/m1/s1. The zero-order valence-corrected chi connectivity index (χ0v) is 13.5. The highest BCUT2D eigenvalue weighted by atomic mass is 16.5. The molecule has 1 atom stereocenters. The molecule has 0 unspecified atom stereocenters. The maximum Gasteiger partial charge on any atom is 0.131 e. The summed E-state index contributed by atoms with van der Waals surface area (Å²) in [7, 11) is 3.32. The summed E-state index contributed by atoms with van der Waals surface area (Å²) in [6.45, 7) is 4.11. The van der Waals surface area contributed by atoms with Crippen LogP contribution >= 0.6 is 0 Å². The average Bonchev–Trinajstić information content (AvgIpc) is 2.51. The smallest absolute Gasteiger partial charge is 0.131 e. The fourth-order valence-corrected chi connectivity index (χ4v) is 3.65. The van der Waals surface area contributed by atoms with Crippen LogP contribution in [0.2, 0.25) is 0 Å². The van der Waals surface area contributed by atoms with Gasteiger partial charge in [-0.1, -0.05) is 6.42 Å². The van der Waals surface area contributed by atoms with Gasteiger partial charge in [-0.25, -0.2) is 0 Å². The van der Waals surface area contributed by atoms with Gasteiger partial charge in [-0.3, -0.25) is 4.90 Å². The molecule has 0 spiro atoms. The van der Waals surface area contributed by atoms with E-state index in [0.29, 0.717) is 12.0 Å².